The van der Waals surface area contributed by atoms with Gasteiger partial charge in [-0.25, -0.2) is 13.1 Å². The summed E-state index contributed by atoms with van der Waals surface area (Å²) in [5.74, 6) is 1.23. The molecule has 23 heavy (non-hydrogen) atoms. The zero-order valence-electron chi connectivity index (χ0n) is 12.3. The van der Waals surface area contributed by atoms with E-state index < -0.39 is 16.1 Å². The Bertz CT molecular complexity index is 776. The Morgan fingerprint density at radius 2 is 1.83 bits per heavy atom. The Morgan fingerprint density at radius 3 is 2.61 bits per heavy atom. The van der Waals surface area contributed by atoms with Crippen LogP contribution >= 0.6 is 0 Å². The molecule has 6 nitrogen and oxygen atoms in total. The quantitative estimate of drug-likeness (QED) is 0.841. The molecule has 2 aromatic carbocycles. The summed E-state index contributed by atoms with van der Waals surface area (Å²) >= 11 is 0. The minimum Gasteiger partial charge on any atom is -0.454 e. The van der Waals surface area contributed by atoms with Gasteiger partial charge in [0, 0.05) is 6.54 Å². The lowest BCUT2D eigenvalue weighted by molar-refractivity contribution is 0.166. The lowest BCUT2D eigenvalue weighted by Crippen LogP contribution is -2.25. The standard InChI is InChI=1S/C16H17NO5S/c18-14(12-6-7-15-16(10-12)22-11-21-15)8-9-17-23(19,20)13-4-2-1-3-5-13/h1-7,10,14,17-18H,8-9,11H2. The fourth-order valence-electron chi connectivity index (χ4n) is 2.30. The van der Waals surface area contributed by atoms with Gasteiger partial charge >= 0.3 is 0 Å². The molecule has 0 bridgehead atoms. The van der Waals surface area contributed by atoms with Gasteiger partial charge < -0.3 is 14.6 Å². The van der Waals surface area contributed by atoms with E-state index in [4.69, 9.17) is 9.47 Å². The van der Waals surface area contributed by atoms with Gasteiger partial charge in [-0.1, -0.05) is 24.3 Å². The lowest BCUT2D eigenvalue weighted by atomic mass is 10.1. The molecule has 0 saturated carbocycles. The monoisotopic (exact) mass is 335 g/mol. The van der Waals surface area contributed by atoms with Crippen molar-refractivity contribution in [2.24, 2.45) is 0 Å². The first-order valence-corrected chi connectivity index (χ1v) is 8.67. The van der Waals surface area contributed by atoms with Crippen LogP contribution in [0.2, 0.25) is 0 Å². The molecule has 0 radical (unpaired) electrons. The largest absolute Gasteiger partial charge is 0.454 e. The number of aliphatic hydroxyl groups is 1. The van der Waals surface area contributed by atoms with Gasteiger partial charge in [-0.2, -0.15) is 0 Å². The predicted octanol–water partition coefficient (Wildman–Crippen LogP) is 1.82. The van der Waals surface area contributed by atoms with Crippen molar-refractivity contribution in [1.82, 2.24) is 4.72 Å². The predicted molar refractivity (Wildman–Crippen MR) is 83.8 cm³/mol. The number of fused-ring (bicyclic) bond motifs is 1. The molecule has 1 aliphatic heterocycles. The molecule has 1 heterocycles. The zero-order chi connectivity index (χ0) is 16.3. The van der Waals surface area contributed by atoms with Gasteiger partial charge in [-0.3, -0.25) is 0 Å². The third kappa shape index (κ3) is 3.64. The number of aliphatic hydroxyl groups excluding tert-OH is 1. The molecule has 122 valence electrons. The van der Waals surface area contributed by atoms with Crippen molar-refractivity contribution in [1.29, 1.82) is 0 Å². The molecule has 0 aliphatic carbocycles. The Labute approximate surface area is 134 Å². The third-order valence-corrected chi connectivity index (χ3v) is 5.02. The van der Waals surface area contributed by atoms with Gasteiger partial charge in [0.05, 0.1) is 11.0 Å². The van der Waals surface area contributed by atoms with Crippen LogP contribution in [-0.4, -0.2) is 26.9 Å². The highest BCUT2D eigenvalue weighted by Crippen LogP contribution is 2.34. The molecule has 2 N–H and O–H groups in total. The summed E-state index contributed by atoms with van der Waals surface area (Å²) in [6, 6.07) is 13.3. The van der Waals surface area contributed by atoms with E-state index >= 15 is 0 Å². The molecule has 0 spiro atoms. The minimum absolute atomic E-state index is 0.132. The van der Waals surface area contributed by atoms with Gasteiger partial charge in [0.15, 0.2) is 11.5 Å². The number of sulfonamides is 1. The number of hydrogen-bond donors (Lipinski definition) is 2. The average Bonchev–Trinajstić information content (AvgIpc) is 3.03. The van der Waals surface area contributed by atoms with E-state index in [1.807, 2.05) is 0 Å². The van der Waals surface area contributed by atoms with E-state index in [2.05, 4.69) is 4.72 Å². The van der Waals surface area contributed by atoms with Gasteiger partial charge in [-0.05, 0) is 36.2 Å². The first-order valence-electron chi connectivity index (χ1n) is 7.18. The van der Waals surface area contributed by atoms with Crippen molar-refractivity contribution in [3.63, 3.8) is 0 Å². The number of rotatable bonds is 6. The summed E-state index contributed by atoms with van der Waals surface area (Å²) < 4.78 is 37.1. The highest BCUT2D eigenvalue weighted by molar-refractivity contribution is 7.89. The van der Waals surface area contributed by atoms with Crippen LogP contribution in [-0.2, 0) is 10.0 Å². The second-order valence-corrected chi connectivity index (χ2v) is 6.89. The molecule has 1 unspecified atom stereocenters. The third-order valence-electron chi connectivity index (χ3n) is 3.54. The van der Waals surface area contributed by atoms with Crippen LogP contribution < -0.4 is 14.2 Å². The van der Waals surface area contributed by atoms with Crippen molar-refractivity contribution in [3.8, 4) is 11.5 Å². The smallest absolute Gasteiger partial charge is 0.240 e. The Morgan fingerprint density at radius 1 is 1.09 bits per heavy atom. The Balaban J connectivity index is 1.58. The zero-order valence-corrected chi connectivity index (χ0v) is 13.1. The SMILES string of the molecule is O=S(=O)(NCCC(O)c1ccc2c(c1)OCO2)c1ccccc1. The molecular weight excluding hydrogens is 318 g/mol. The maximum atomic E-state index is 12.1. The van der Waals surface area contributed by atoms with Crippen LogP contribution in [0.3, 0.4) is 0 Å². The summed E-state index contributed by atoms with van der Waals surface area (Å²) in [6.45, 7) is 0.304. The van der Waals surface area contributed by atoms with Crippen LogP contribution in [0.4, 0.5) is 0 Å². The first kappa shape index (κ1) is 15.8. The van der Waals surface area contributed by atoms with E-state index in [-0.39, 0.29) is 24.7 Å². The normalized spacial score (nSPS) is 14.7. The molecule has 0 amide bonds. The number of nitrogens with one attached hydrogen (secondary N) is 1. The molecule has 2 aromatic rings. The summed E-state index contributed by atoms with van der Waals surface area (Å²) in [5.41, 5.74) is 0.660. The van der Waals surface area contributed by atoms with Crippen LogP contribution in [0.15, 0.2) is 53.4 Å². The second-order valence-electron chi connectivity index (χ2n) is 5.13. The molecule has 7 heteroatoms. The van der Waals surface area contributed by atoms with Crippen LogP contribution in [0.5, 0.6) is 11.5 Å². The van der Waals surface area contributed by atoms with Crippen LogP contribution in [0.25, 0.3) is 0 Å². The van der Waals surface area contributed by atoms with Gasteiger partial charge in [0.25, 0.3) is 0 Å². The molecule has 0 fully saturated rings. The summed E-state index contributed by atoms with van der Waals surface area (Å²) in [5, 5.41) is 10.2. The lowest BCUT2D eigenvalue weighted by Gasteiger charge is -2.12. The van der Waals surface area contributed by atoms with Crippen molar-refractivity contribution >= 4 is 10.0 Å². The molecular formula is C16H17NO5S. The molecule has 0 aromatic heterocycles. The summed E-state index contributed by atoms with van der Waals surface area (Å²) in [4.78, 5) is 0.206. The average molecular weight is 335 g/mol. The molecule has 1 atom stereocenters. The van der Waals surface area contributed by atoms with Crippen molar-refractivity contribution < 1.29 is 23.0 Å². The summed E-state index contributed by atoms with van der Waals surface area (Å²) in [7, 11) is -3.55. The first-order chi connectivity index (χ1) is 11.1. The van der Waals surface area contributed by atoms with Crippen molar-refractivity contribution in [2.75, 3.05) is 13.3 Å². The number of benzene rings is 2. The van der Waals surface area contributed by atoms with Crippen LogP contribution in [0.1, 0.15) is 18.1 Å². The fourth-order valence-corrected chi connectivity index (χ4v) is 3.37. The minimum atomic E-state index is -3.55. The van der Waals surface area contributed by atoms with Crippen molar-refractivity contribution in [2.45, 2.75) is 17.4 Å². The van der Waals surface area contributed by atoms with E-state index in [0.29, 0.717) is 17.1 Å². The van der Waals surface area contributed by atoms with Gasteiger partial charge in [0.1, 0.15) is 0 Å². The Hall–Kier alpha value is -2.09. The summed E-state index contributed by atoms with van der Waals surface area (Å²) in [6.07, 6.45) is -0.533. The molecule has 3 rings (SSSR count). The highest BCUT2D eigenvalue weighted by atomic mass is 32.2. The van der Waals surface area contributed by atoms with Crippen molar-refractivity contribution in [3.05, 3.63) is 54.1 Å². The van der Waals surface area contributed by atoms with E-state index in [1.165, 1.54) is 12.1 Å². The maximum Gasteiger partial charge on any atom is 0.240 e. The Kier molecular flexibility index (Phi) is 4.51. The fraction of sp³-hybridized carbons (Fsp3) is 0.250. The van der Waals surface area contributed by atoms with E-state index in [1.54, 1.807) is 36.4 Å². The topological polar surface area (TPSA) is 84.9 Å². The van der Waals surface area contributed by atoms with Gasteiger partial charge in [0.2, 0.25) is 16.8 Å². The van der Waals surface area contributed by atoms with Crippen LogP contribution in [0, 0.1) is 0 Å². The number of hydrogen-bond acceptors (Lipinski definition) is 5. The maximum absolute atomic E-state index is 12.1. The van der Waals surface area contributed by atoms with E-state index in [0.717, 1.165) is 0 Å². The van der Waals surface area contributed by atoms with E-state index in [9.17, 15) is 13.5 Å². The highest BCUT2D eigenvalue weighted by Gasteiger charge is 2.18. The number of ether oxygens (including phenoxy) is 2. The second kappa shape index (κ2) is 6.57. The molecule has 0 saturated heterocycles. The van der Waals surface area contributed by atoms with Gasteiger partial charge in [-0.15, -0.1) is 0 Å². The molecule has 1 aliphatic rings.